The van der Waals surface area contributed by atoms with Crippen LogP contribution in [-0.4, -0.2) is 111 Å². The molecule has 4 fully saturated rings. The van der Waals surface area contributed by atoms with E-state index in [1.54, 1.807) is 19.1 Å². The molecule has 6 rings (SSSR count). The highest BCUT2D eigenvalue weighted by atomic mass is 79.9. The molecule has 4 aliphatic rings. The number of ether oxygens (including phenoxy) is 1. The number of carbonyl (C=O) groups excluding carboxylic acids is 2. The lowest BCUT2D eigenvalue weighted by molar-refractivity contribution is -0.183. The number of benzene rings is 2. The first-order chi connectivity index (χ1) is 25.7. The summed E-state index contributed by atoms with van der Waals surface area (Å²) in [6, 6.07) is 8.88. The van der Waals surface area contributed by atoms with Crippen molar-refractivity contribution in [2.75, 3.05) is 53.4 Å². The van der Waals surface area contributed by atoms with E-state index >= 15 is 0 Å². The molecule has 55 heavy (non-hydrogen) atoms. The second-order valence-electron chi connectivity index (χ2n) is 18.7. The predicted octanol–water partition coefficient (Wildman–Crippen LogP) is 5.95. The van der Waals surface area contributed by atoms with Crippen LogP contribution in [0.25, 0.3) is 11.1 Å². The van der Waals surface area contributed by atoms with Crippen molar-refractivity contribution in [1.82, 2.24) is 20.6 Å². The van der Waals surface area contributed by atoms with Crippen LogP contribution in [0.1, 0.15) is 83.7 Å². The summed E-state index contributed by atoms with van der Waals surface area (Å²) in [5.41, 5.74) is 3.96. The van der Waals surface area contributed by atoms with Crippen molar-refractivity contribution in [3.8, 4) is 16.9 Å². The topological polar surface area (TPSA) is 127 Å². The molecule has 0 spiro atoms. The van der Waals surface area contributed by atoms with Gasteiger partial charge in [0.05, 0.1) is 42.1 Å². The smallest absolute Gasteiger partial charge is 0.252 e. The van der Waals surface area contributed by atoms with Gasteiger partial charge in [0.2, 0.25) is 5.91 Å². The Kier molecular flexibility index (Phi) is 13.4. The fraction of sp³-hybridized carbons (Fsp3) is 0.674. The monoisotopic (exact) mass is 827 g/mol. The van der Waals surface area contributed by atoms with Gasteiger partial charge in [-0.15, -0.1) is 0 Å². The molecule has 0 radical (unpaired) electrons. The largest absolute Gasteiger partial charge is 0.496 e. The Morgan fingerprint density at radius 1 is 1.15 bits per heavy atom. The zero-order valence-electron chi connectivity index (χ0n) is 35.1. The van der Waals surface area contributed by atoms with Crippen molar-refractivity contribution in [1.29, 1.82) is 0 Å². The number of hydrogen-bond acceptors (Lipinski definition) is 9. The number of carbonyl (C=O) groups is 2. The lowest BCUT2D eigenvalue weighted by atomic mass is 9.45. The molecule has 2 bridgehead atoms. The molecular weight excluding hydrogens is 762 g/mol. The Labute approximate surface area is 337 Å². The fourth-order valence-corrected chi connectivity index (χ4v) is 10.5. The maximum Gasteiger partial charge on any atom is 0.252 e. The number of nitrogens with one attached hydrogen (secondary N) is 2. The van der Waals surface area contributed by atoms with Crippen LogP contribution in [0.5, 0.6) is 5.75 Å². The molecule has 1 heterocycles. The van der Waals surface area contributed by atoms with E-state index in [1.807, 2.05) is 63.4 Å². The van der Waals surface area contributed by atoms with Crippen LogP contribution in [0.4, 0.5) is 5.69 Å². The number of fused-ring (bicyclic) bond motifs is 2. The summed E-state index contributed by atoms with van der Waals surface area (Å²) in [7, 11) is 9.52. The molecule has 1 saturated heterocycles. The van der Waals surface area contributed by atoms with E-state index in [2.05, 4.69) is 73.0 Å². The van der Waals surface area contributed by atoms with E-state index in [4.69, 9.17) is 9.57 Å². The SMILES string of the molecule is COc1c(CN2O[C@@H](CO)[C@@H]([C@H](C)O)[C@H]2C(=O)N[C@H]2C[C@@H]3C[C@@H]([C@@H]2C)C3(C)C)cccc1-c1cc(C(=O)N[C@H](CN(C)C)CC(C)(C)C)c(Br)c(N(C)C)c1. The third kappa shape index (κ3) is 9.20. The number of anilines is 1. The standard InChI is InChI=1S/C43H66BrN5O6/c1-24-32-18-28(43(32,6)7)19-33(24)46-41(53)38-36(25(2)51)35(23-50)55-49(38)21-26-14-13-15-30(39(26)54-12)27-16-31(37(44)34(17-27)48(10)11)40(52)45-29(22-47(8)9)20-42(3,4)5/h13-17,24-25,28-29,32-33,35-36,38,50-51H,18-23H2,1-12H3,(H,45,52)(H,46,53)/t24-,25-,28-,29-,32-,33-,35-,36+,38-/m0/s1. The zero-order chi connectivity index (χ0) is 40.7. The number of para-hydroxylation sites is 1. The minimum absolute atomic E-state index is 0.0204. The summed E-state index contributed by atoms with van der Waals surface area (Å²) in [6.45, 7) is 15.6. The molecule has 2 amide bonds. The van der Waals surface area contributed by atoms with Gasteiger partial charge in [-0.1, -0.05) is 59.7 Å². The van der Waals surface area contributed by atoms with E-state index in [0.717, 1.165) is 35.2 Å². The molecule has 4 N–H and O–H groups in total. The van der Waals surface area contributed by atoms with Gasteiger partial charge < -0.3 is 35.4 Å². The number of hydroxylamine groups is 2. The van der Waals surface area contributed by atoms with Crippen LogP contribution in [0.15, 0.2) is 34.8 Å². The summed E-state index contributed by atoms with van der Waals surface area (Å²) in [6.07, 6.45) is 1.28. The lowest BCUT2D eigenvalue weighted by Gasteiger charge is -2.62. The second-order valence-corrected chi connectivity index (χ2v) is 19.5. The van der Waals surface area contributed by atoms with E-state index in [9.17, 15) is 19.8 Å². The Morgan fingerprint density at radius 2 is 1.84 bits per heavy atom. The highest BCUT2D eigenvalue weighted by Gasteiger charge is 2.57. The van der Waals surface area contributed by atoms with Crippen LogP contribution in [0.3, 0.4) is 0 Å². The molecular formula is C43H66BrN5O6. The third-order valence-electron chi connectivity index (χ3n) is 12.6. The molecule has 1 aliphatic heterocycles. The van der Waals surface area contributed by atoms with Gasteiger partial charge in [-0.25, -0.2) is 0 Å². The summed E-state index contributed by atoms with van der Waals surface area (Å²) in [5.74, 6) is 1.01. The zero-order valence-corrected chi connectivity index (χ0v) is 36.7. The predicted molar refractivity (Wildman–Crippen MR) is 222 cm³/mol. The minimum atomic E-state index is -0.903. The van der Waals surface area contributed by atoms with E-state index in [1.165, 1.54) is 6.42 Å². The van der Waals surface area contributed by atoms with Crippen LogP contribution in [-0.2, 0) is 16.2 Å². The molecule has 3 saturated carbocycles. The molecule has 12 heteroatoms. The van der Waals surface area contributed by atoms with Gasteiger partial charge in [0.15, 0.2) is 0 Å². The van der Waals surface area contributed by atoms with Crippen molar-refractivity contribution in [2.24, 2.45) is 34.5 Å². The van der Waals surface area contributed by atoms with Gasteiger partial charge in [0.1, 0.15) is 17.9 Å². The number of methoxy groups -OCH3 is 1. The van der Waals surface area contributed by atoms with E-state index in [-0.39, 0.29) is 47.9 Å². The maximum absolute atomic E-state index is 14.3. The van der Waals surface area contributed by atoms with Crippen LogP contribution < -0.4 is 20.3 Å². The van der Waals surface area contributed by atoms with Gasteiger partial charge in [-0.2, -0.15) is 5.06 Å². The Balaban J connectivity index is 1.48. The Bertz CT molecular complexity index is 1690. The van der Waals surface area contributed by atoms with Gasteiger partial charge in [-0.3, -0.25) is 14.4 Å². The number of nitrogens with zero attached hydrogens (tertiary/aromatic N) is 3. The maximum atomic E-state index is 14.3. The van der Waals surface area contributed by atoms with Crippen molar-refractivity contribution < 1.29 is 29.4 Å². The molecule has 2 aromatic carbocycles. The Morgan fingerprint density at radius 3 is 2.38 bits per heavy atom. The molecule has 9 atom stereocenters. The van der Waals surface area contributed by atoms with Crippen molar-refractivity contribution in [3.63, 3.8) is 0 Å². The van der Waals surface area contributed by atoms with Crippen LogP contribution >= 0.6 is 15.9 Å². The molecule has 306 valence electrons. The first-order valence-corrected chi connectivity index (χ1v) is 20.6. The van der Waals surface area contributed by atoms with Crippen molar-refractivity contribution in [2.45, 2.75) is 105 Å². The first-order valence-electron chi connectivity index (χ1n) is 19.8. The van der Waals surface area contributed by atoms with Crippen molar-refractivity contribution in [3.05, 3.63) is 45.9 Å². The molecule has 0 aromatic heterocycles. The number of aliphatic hydroxyl groups excluding tert-OH is 2. The fourth-order valence-electron chi connectivity index (χ4n) is 9.69. The summed E-state index contributed by atoms with van der Waals surface area (Å²) in [4.78, 5) is 38.8. The molecule has 2 aromatic rings. The lowest BCUT2D eigenvalue weighted by Crippen LogP contribution is -2.62. The minimum Gasteiger partial charge on any atom is -0.496 e. The average Bonchev–Trinajstić information content (AvgIpc) is 3.46. The summed E-state index contributed by atoms with van der Waals surface area (Å²) >= 11 is 3.75. The van der Waals surface area contributed by atoms with Gasteiger partial charge in [-0.05, 0) is 102 Å². The molecule has 11 nitrogen and oxygen atoms in total. The van der Waals surface area contributed by atoms with Crippen LogP contribution in [0, 0.1) is 34.5 Å². The normalized spacial score (nSPS) is 27.3. The highest BCUT2D eigenvalue weighted by Crippen LogP contribution is 2.61. The number of likely N-dealkylation sites (N-methyl/N-ethyl adjacent to an activating group) is 1. The van der Waals surface area contributed by atoms with Gasteiger partial charge in [0, 0.05) is 49.8 Å². The average molecular weight is 829 g/mol. The number of rotatable bonds is 14. The van der Waals surface area contributed by atoms with Crippen molar-refractivity contribution >= 4 is 33.4 Å². The quantitative estimate of drug-likeness (QED) is 0.183. The highest BCUT2D eigenvalue weighted by molar-refractivity contribution is 9.10. The van der Waals surface area contributed by atoms with E-state index < -0.39 is 24.2 Å². The second kappa shape index (κ2) is 17.0. The summed E-state index contributed by atoms with van der Waals surface area (Å²) < 4.78 is 6.81. The third-order valence-corrected chi connectivity index (χ3v) is 13.4. The Hall–Kier alpha value is -2.74. The molecule has 0 unspecified atom stereocenters. The number of halogens is 1. The molecule has 3 aliphatic carbocycles. The first kappa shape index (κ1) is 43.4. The number of hydrogen-bond donors (Lipinski definition) is 4. The van der Waals surface area contributed by atoms with Gasteiger partial charge in [0.25, 0.3) is 5.91 Å². The number of amides is 2. The number of aliphatic hydroxyl groups is 2. The summed E-state index contributed by atoms with van der Waals surface area (Å²) in [5, 5.41) is 29.6. The van der Waals surface area contributed by atoms with E-state index in [0.29, 0.717) is 40.1 Å². The van der Waals surface area contributed by atoms with Gasteiger partial charge >= 0.3 is 0 Å². The van der Waals surface area contributed by atoms with Crippen LogP contribution in [0.2, 0.25) is 0 Å².